The van der Waals surface area contributed by atoms with Crippen molar-refractivity contribution in [2.75, 3.05) is 21.6 Å². The van der Waals surface area contributed by atoms with Gasteiger partial charge in [-0.3, -0.25) is 19.6 Å². The molecule has 0 radical (unpaired) electrons. The Morgan fingerprint density at radius 2 is 1.35 bits per heavy atom. The number of carbonyl (C=O) groups is 2. The topological polar surface area (TPSA) is 117 Å². The number of aromatic nitrogens is 1. The van der Waals surface area contributed by atoms with E-state index in [1.54, 1.807) is 78.2 Å². The van der Waals surface area contributed by atoms with Crippen LogP contribution in [0, 0.1) is 0 Å². The van der Waals surface area contributed by atoms with E-state index >= 15 is 0 Å². The molecule has 0 saturated heterocycles. The van der Waals surface area contributed by atoms with Gasteiger partial charge in [-0.15, -0.1) is 11.3 Å². The fourth-order valence-electron chi connectivity index (χ4n) is 3.05. The van der Waals surface area contributed by atoms with Crippen LogP contribution in [0.25, 0.3) is 11.3 Å². The van der Waals surface area contributed by atoms with Gasteiger partial charge in [0.25, 0.3) is 11.8 Å². The molecule has 1 heterocycles. The summed E-state index contributed by atoms with van der Waals surface area (Å²) in [5.74, 6) is -0.553. The lowest BCUT2D eigenvalue weighted by Crippen LogP contribution is -2.13. The first-order chi connectivity index (χ1) is 16.3. The van der Waals surface area contributed by atoms with Crippen LogP contribution in [0.3, 0.4) is 0 Å². The third-order valence-corrected chi connectivity index (χ3v) is 6.01. The number of benzene rings is 3. The minimum atomic E-state index is -3.34. The predicted molar refractivity (Wildman–Crippen MR) is 135 cm³/mol. The molecule has 4 aromatic rings. The molecule has 0 bridgehead atoms. The van der Waals surface area contributed by atoms with Crippen molar-refractivity contribution >= 4 is 49.7 Å². The fourth-order valence-corrected chi connectivity index (χ4v) is 4.33. The number of nitrogens with one attached hydrogen (secondary N) is 3. The van der Waals surface area contributed by atoms with Crippen LogP contribution in [0.1, 0.15) is 20.7 Å². The van der Waals surface area contributed by atoms with Gasteiger partial charge in [-0.1, -0.05) is 30.3 Å². The Morgan fingerprint density at radius 3 is 2.00 bits per heavy atom. The summed E-state index contributed by atoms with van der Waals surface area (Å²) in [5.41, 5.74) is 3.45. The summed E-state index contributed by atoms with van der Waals surface area (Å²) in [6, 6.07) is 22.2. The van der Waals surface area contributed by atoms with Gasteiger partial charge in [0.15, 0.2) is 5.13 Å². The third kappa shape index (κ3) is 6.06. The lowest BCUT2D eigenvalue weighted by molar-refractivity contribution is 0.102. The Bertz CT molecular complexity index is 1420. The van der Waals surface area contributed by atoms with Crippen molar-refractivity contribution in [1.29, 1.82) is 0 Å². The van der Waals surface area contributed by atoms with E-state index in [9.17, 15) is 18.0 Å². The average Bonchev–Trinajstić information content (AvgIpc) is 3.28. The molecule has 0 fully saturated rings. The number of sulfonamides is 1. The zero-order valence-electron chi connectivity index (χ0n) is 18.0. The van der Waals surface area contributed by atoms with Crippen molar-refractivity contribution in [3.63, 3.8) is 0 Å². The van der Waals surface area contributed by atoms with E-state index in [0.29, 0.717) is 33.3 Å². The van der Waals surface area contributed by atoms with Gasteiger partial charge >= 0.3 is 0 Å². The molecule has 1 aromatic heterocycles. The first kappa shape index (κ1) is 23.1. The maximum atomic E-state index is 12.6. The van der Waals surface area contributed by atoms with Gasteiger partial charge in [0, 0.05) is 33.4 Å². The van der Waals surface area contributed by atoms with Crippen LogP contribution in [0.4, 0.5) is 16.5 Å². The van der Waals surface area contributed by atoms with Gasteiger partial charge in [-0.2, -0.15) is 0 Å². The van der Waals surface area contributed by atoms with Crippen LogP contribution >= 0.6 is 11.3 Å². The summed E-state index contributed by atoms with van der Waals surface area (Å²) in [5, 5.41) is 7.79. The van der Waals surface area contributed by atoms with Crippen molar-refractivity contribution in [3.8, 4) is 11.3 Å². The normalized spacial score (nSPS) is 11.0. The van der Waals surface area contributed by atoms with Gasteiger partial charge in [0.1, 0.15) is 0 Å². The first-order valence-corrected chi connectivity index (χ1v) is 12.9. The third-order valence-electron chi connectivity index (χ3n) is 4.65. The molecular formula is C24H20N4O4S2. The molecule has 0 aliphatic carbocycles. The van der Waals surface area contributed by atoms with E-state index in [1.807, 2.05) is 6.07 Å². The Hall–Kier alpha value is -4.02. The maximum absolute atomic E-state index is 12.6. The van der Waals surface area contributed by atoms with E-state index in [1.165, 1.54) is 11.3 Å². The number of carbonyl (C=O) groups excluding carboxylic acids is 2. The summed E-state index contributed by atoms with van der Waals surface area (Å²) in [4.78, 5) is 29.3. The summed E-state index contributed by atoms with van der Waals surface area (Å²) >= 11 is 1.28. The van der Waals surface area contributed by atoms with Crippen LogP contribution in [0.2, 0.25) is 0 Å². The second kappa shape index (κ2) is 9.86. The summed E-state index contributed by atoms with van der Waals surface area (Å²) in [6.45, 7) is 0. The number of hydrogen-bond donors (Lipinski definition) is 3. The zero-order chi connectivity index (χ0) is 24.1. The van der Waals surface area contributed by atoms with Gasteiger partial charge in [0.2, 0.25) is 10.0 Å². The largest absolute Gasteiger partial charge is 0.322 e. The Balaban J connectivity index is 1.37. The average molecular weight is 493 g/mol. The number of amides is 2. The first-order valence-electron chi connectivity index (χ1n) is 10.1. The highest BCUT2D eigenvalue weighted by molar-refractivity contribution is 7.92. The SMILES string of the molecule is CS(=O)(=O)Nc1ccc(-c2csc(NC(=O)c3ccc(NC(=O)c4ccccc4)cc3)n2)cc1. The number of anilines is 3. The highest BCUT2D eigenvalue weighted by Crippen LogP contribution is 2.26. The van der Waals surface area contributed by atoms with Gasteiger partial charge in [-0.05, 0) is 48.5 Å². The Morgan fingerprint density at radius 1 is 0.765 bits per heavy atom. The van der Waals surface area contributed by atoms with E-state index in [2.05, 4.69) is 20.3 Å². The van der Waals surface area contributed by atoms with Crippen molar-refractivity contribution < 1.29 is 18.0 Å². The minimum Gasteiger partial charge on any atom is -0.322 e. The van der Waals surface area contributed by atoms with Crippen LogP contribution in [0.15, 0.2) is 84.2 Å². The molecule has 10 heteroatoms. The quantitative estimate of drug-likeness (QED) is 0.346. The molecule has 172 valence electrons. The van der Waals surface area contributed by atoms with Crippen LogP contribution in [-0.2, 0) is 10.0 Å². The van der Waals surface area contributed by atoms with Gasteiger partial charge in [-0.25, -0.2) is 13.4 Å². The van der Waals surface area contributed by atoms with Gasteiger partial charge < -0.3 is 5.32 Å². The van der Waals surface area contributed by atoms with E-state index < -0.39 is 10.0 Å². The standard InChI is InChI=1S/C24H20N4O4S2/c1-34(31,32)28-20-13-7-16(8-14-20)21-15-33-24(26-21)27-23(30)18-9-11-19(12-10-18)25-22(29)17-5-3-2-4-6-17/h2-15,28H,1H3,(H,25,29)(H,26,27,30). The highest BCUT2D eigenvalue weighted by Gasteiger charge is 2.12. The molecule has 0 atom stereocenters. The highest BCUT2D eigenvalue weighted by atomic mass is 32.2. The molecule has 0 spiro atoms. The Kier molecular flexibility index (Phi) is 6.71. The molecule has 0 unspecified atom stereocenters. The molecule has 0 aliphatic rings. The van der Waals surface area contributed by atoms with Gasteiger partial charge in [0.05, 0.1) is 11.9 Å². The smallest absolute Gasteiger partial charge is 0.257 e. The molecule has 3 aromatic carbocycles. The Labute approximate surface area is 200 Å². The lowest BCUT2D eigenvalue weighted by Gasteiger charge is -2.07. The molecule has 4 rings (SSSR count). The fraction of sp³-hybridized carbons (Fsp3) is 0.0417. The minimum absolute atomic E-state index is 0.228. The number of rotatable bonds is 7. The molecule has 34 heavy (non-hydrogen) atoms. The summed E-state index contributed by atoms with van der Waals surface area (Å²) in [6.07, 6.45) is 1.09. The number of hydrogen-bond acceptors (Lipinski definition) is 6. The van der Waals surface area contributed by atoms with Crippen LogP contribution in [-0.4, -0.2) is 31.5 Å². The van der Waals surface area contributed by atoms with Crippen molar-refractivity contribution in [3.05, 3.63) is 95.4 Å². The van der Waals surface area contributed by atoms with E-state index in [0.717, 1.165) is 11.8 Å². The second-order valence-electron chi connectivity index (χ2n) is 7.34. The molecule has 0 aliphatic heterocycles. The second-order valence-corrected chi connectivity index (χ2v) is 9.95. The van der Waals surface area contributed by atoms with Crippen molar-refractivity contribution in [2.45, 2.75) is 0 Å². The lowest BCUT2D eigenvalue weighted by atomic mass is 10.1. The molecule has 8 nitrogen and oxygen atoms in total. The monoisotopic (exact) mass is 492 g/mol. The summed E-state index contributed by atoms with van der Waals surface area (Å²) in [7, 11) is -3.34. The molecule has 3 N–H and O–H groups in total. The predicted octanol–water partition coefficient (Wildman–Crippen LogP) is 4.69. The van der Waals surface area contributed by atoms with E-state index in [-0.39, 0.29) is 11.8 Å². The number of thiazole rings is 1. The maximum Gasteiger partial charge on any atom is 0.257 e. The van der Waals surface area contributed by atoms with Crippen molar-refractivity contribution in [1.82, 2.24) is 4.98 Å². The van der Waals surface area contributed by atoms with E-state index in [4.69, 9.17) is 0 Å². The van der Waals surface area contributed by atoms with Crippen molar-refractivity contribution in [2.24, 2.45) is 0 Å². The van der Waals surface area contributed by atoms with Crippen LogP contribution in [0.5, 0.6) is 0 Å². The molecule has 2 amide bonds. The molecular weight excluding hydrogens is 472 g/mol. The summed E-state index contributed by atoms with van der Waals surface area (Å²) < 4.78 is 25.1. The number of nitrogens with zero attached hydrogens (tertiary/aromatic N) is 1. The zero-order valence-corrected chi connectivity index (χ0v) is 19.6. The van der Waals surface area contributed by atoms with Crippen LogP contribution < -0.4 is 15.4 Å². The molecule has 0 saturated carbocycles.